The van der Waals surface area contributed by atoms with E-state index in [4.69, 9.17) is 9.47 Å². The van der Waals surface area contributed by atoms with E-state index in [0.717, 1.165) is 38.5 Å². The minimum Gasteiger partial charge on any atom is -0.394 e. The Hall–Kier alpha value is -1.33. The Bertz CT molecular complexity index is 1330. The monoisotopic (exact) mass is 1150 g/mol. The molecule has 7 unspecified atom stereocenters. The van der Waals surface area contributed by atoms with Crippen LogP contribution in [0.5, 0.6) is 0 Å². The van der Waals surface area contributed by atoms with E-state index < -0.39 is 49.5 Å². The fourth-order valence-corrected chi connectivity index (χ4v) is 11.9. The third kappa shape index (κ3) is 50.5. The van der Waals surface area contributed by atoms with Crippen molar-refractivity contribution >= 4 is 5.91 Å². The lowest BCUT2D eigenvalue weighted by Gasteiger charge is -2.40. The summed E-state index contributed by atoms with van der Waals surface area (Å²) in [6, 6.07) is -0.804. The zero-order valence-electron chi connectivity index (χ0n) is 53.8. The summed E-state index contributed by atoms with van der Waals surface area (Å²) in [6.45, 7) is 3.84. The first-order chi connectivity index (χ1) is 39.8. The molecule has 9 heteroatoms. The summed E-state index contributed by atoms with van der Waals surface area (Å²) in [5, 5.41) is 54.8. The molecule has 0 aromatic rings. The van der Waals surface area contributed by atoms with E-state index in [1.165, 1.54) is 315 Å². The molecule has 7 atom stereocenters. The second kappa shape index (κ2) is 61.7. The highest BCUT2D eigenvalue weighted by Gasteiger charge is 2.44. The number of carbonyl (C=O) groups excluding carboxylic acids is 1. The van der Waals surface area contributed by atoms with Crippen LogP contribution in [0.3, 0.4) is 0 Å². The Morgan fingerprint density at radius 1 is 0.407 bits per heavy atom. The molecule has 1 aliphatic rings. The SMILES string of the molecule is CCCCCCCCCCCCCC/C=C\CCCCCCCCCCCCCCCCCCCC(=O)NC(COC1OC(CO)C(O)C(O)C1O)C(O)/C=C/CCCCCCCCCCCCCCCCCCCCCCCCC. The highest BCUT2D eigenvalue weighted by molar-refractivity contribution is 5.76. The second-order valence-electron chi connectivity index (χ2n) is 25.4. The predicted molar refractivity (Wildman–Crippen MR) is 346 cm³/mol. The minimum atomic E-state index is -1.57. The fraction of sp³-hybridized carbons (Fsp3) is 0.931. The number of unbranched alkanes of at least 4 members (excludes halogenated alkanes) is 52. The molecule has 1 aliphatic heterocycles. The van der Waals surface area contributed by atoms with Crippen molar-refractivity contribution in [2.45, 2.75) is 416 Å². The van der Waals surface area contributed by atoms with E-state index in [1.54, 1.807) is 6.08 Å². The molecule has 1 rings (SSSR count). The molecule has 6 N–H and O–H groups in total. The third-order valence-corrected chi connectivity index (χ3v) is 17.5. The van der Waals surface area contributed by atoms with Gasteiger partial charge in [0.05, 0.1) is 25.4 Å². The van der Waals surface area contributed by atoms with Crippen LogP contribution in [0.25, 0.3) is 0 Å². The highest BCUT2D eigenvalue weighted by atomic mass is 16.7. The maximum atomic E-state index is 13.1. The smallest absolute Gasteiger partial charge is 0.220 e. The first kappa shape index (κ1) is 77.7. The zero-order valence-corrected chi connectivity index (χ0v) is 53.8. The second-order valence-corrected chi connectivity index (χ2v) is 25.4. The van der Waals surface area contributed by atoms with Gasteiger partial charge < -0.3 is 40.3 Å². The summed E-state index contributed by atoms with van der Waals surface area (Å²) >= 11 is 0. The average Bonchev–Trinajstić information content (AvgIpc) is 3.50. The van der Waals surface area contributed by atoms with Gasteiger partial charge in [-0.15, -0.1) is 0 Å². The summed E-state index contributed by atoms with van der Waals surface area (Å²) in [4.78, 5) is 13.1. The number of aliphatic hydroxyl groups is 5. The molecule has 0 spiro atoms. The van der Waals surface area contributed by atoms with Crippen molar-refractivity contribution < 1.29 is 39.8 Å². The molecule has 1 heterocycles. The zero-order chi connectivity index (χ0) is 58.6. The van der Waals surface area contributed by atoms with Crippen molar-refractivity contribution in [3.63, 3.8) is 0 Å². The molecular weight excluding hydrogens is 1010 g/mol. The van der Waals surface area contributed by atoms with Crippen molar-refractivity contribution in [2.75, 3.05) is 13.2 Å². The quantitative estimate of drug-likeness (QED) is 0.0261. The van der Waals surface area contributed by atoms with Gasteiger partial charge in [0.15, 0.2) is 6.29 Å². The minimum absolute atomic E-state index is 0.168. The van der Waals surface area contributed by atoms with Crippen LogP contribution >= 0.6 is 0 Å². The average molecular weight is 1150 g/mol. The number of amides is 1. The van der Waals surface area contributed by atoms with Crippen LogP contribution in [0, 0.1) is 0 Å². The number of rotatable bonds is 64. The summed E-state index contributed by atoms with van der Waals surface area (Å²) in [6.07, 6.45) is 74.4. The maximum absolute atomic E-state index is 13.1. The Balaban J connectivity index is 2.10. The van der Waals surface area contributed by atoms with Crippen LogP contribution in [0.1, 0.15) is 373 Å². The topological polar surface area (TPSA) is 149 Å². The normalized spacial score (nSPS) is 18.4. The Morgan fingerprint density at radius 2 is 0.691 bits per heavy atom. The number of aliphatic hydroxyl groups excluding tert-OH is 5. The molecule has 1 saturated heterocycles. The predicted octanol–water partition coefficient (Wildman–Crippen LogP) is 19.6. The lowest BCUT2D eigenvalue weighted by molar-refractivity contribution is -0.302. The summed E-state index contributed by atoms with van der Waals surface area (Å²) in [5.74, 6) is -0.168. The Labute approximate surface area is 502 Å². The number of nitrogens with one attached hydrogen (secondary N) is 1. The molecule has 9 nitrogen and oxygen atoms in total. The first-order valence-corrected chi connectivity index (χ1v) is 36.1. The molecule has 0 aliphatic carbocycles. The summed E-state index contributed by atoms with van der Waals surface area (Å²) in [7, 11) is 0. The lowest BCUT2D eigenvalue weighted by Crippen LogP contribution is -2.60. The van der Waals surface area contributed by atoms with Gasteiger partial charge in [0.1, 0.15) is 24.4 Å². The fourth-order valence-electron chi connectivity index (χ4n) is 11.9. The van der Waals surface area contributed by atoms with E-state index in [0.29, 0.717) is 6.42 Å². The van der Waals surface area contributed by atoms with Crippen molar-refractivity contribution in [1.29, 1.82) is 0 Å². The van der Waals surface area contributed by atoms with Crippen LogP contribution in [-0.2, 0) is 14.3 Å². The molecule has 0 bridgehead atoms. The molecule has 1 amide bonds. The number of carbonyl (C=O) groups is 1. The summed E-state index contributed by atoms with van der Waals surface area (Å²) in [5.41, 5.74) is 0. The van der Waals surface area contributed by atoms with Gasteiger partial charge in [-0.25, -0.2) is 0 Å². The molecule has 1 fully saturated rings. The van der Waals surface area contributed by atoms with Gasteiger partial charge in [-0.2, -0.15) is 0 Å². The molecule has 0 saturated carbocycles. The Kier molecular flexibility index (Phi) is 59.2. The van der Waals surface area contributed by atoms with E-state index in [2.05, 4.69) is 31.3 Å². The molecular formula is C72H139NO8. The van der Waals surface area contributed by atoms with Gasteiger partial charge in [0, 0.05) is 6.42 Å². The molecule has 480 valence electrons. The van der Waals surface area contributed by atoms with Gasteiger partial charge in [0.2, 0.25) is 5.91 Å². The van der Waals surface area contributed by atoms with Crippen LogP contribution in [0.2, 0.25) is 0 Å². The lowest BCUT2D eigenvalue weighted by atomic mass is 9.99. The van der Waals surface area contributed by atoms with Gasteiger partial charge >= 0.3 is 0 Å². The van der Waals surface area contributed by atoms with E-state index in [-0.39, 0.29) is 12.5 Å². The molecule has 0 aromatic carbocycles. The number of hydrogen-bond acceptors (Lipinski definition) is 8. The van der Waals surface area contributed by atoms with E-state index in [9.17, 15) is 30.3 Å². The Morgan fingerprint density at radius 3 is 1.00 bits per heavy atom. The van der Waals surface area contributed by atoms with Gasteiger partial charge in [-0.1, -0.05) is 346 Å². The van der Waals surface area contributed by atoms with Crippen molar-refractivity contribution in [3.8, 4) is 0 Å². The summed E-state index contributed by atoms with van der Waals surface area (Å²) < 4.78 is 11.3. The maximum Gasteiger partial charge on any atom is 0.220 e. The van der Waals surface area contributed by atoms with Gasteiger partial charge in [-0.05, 0) is 44.9 Å². The number of ether oxygens (including phenoxy) is 2. The van der Waals surface area contributed by atoms with E-state index in [1.807, 2.05) is 6.08 Å². The van der Waals surface area contributed by atoms with Crippen LogP contribution in [0.4, 0.5) is 0 Å². The molecule has 81 heavy (non-hydrogen) atoms. The van der Waals surface area contributed by atoms with Gasteiger partial charge in [-0.3, -0.25) is 4.79 Å². The first-order valence-electron chi connectivity index (χ1n) is 36.1. The van der Waals surface area contributed by atoms with Crippen LogP contribution in [-0.4, -0.2) is 87.5 Å². The standard InChI is InChI=1S/C72H139NO8/c1-3-5-7-9-11-13-15-17-19-21-23-25-27-29-30-31-32-33-34-35-36-38-40-42-44-46-48-50-52-54-56-58-60-62-68(76)73-65(64-80-72-71(79)70(78)69(77)67(63-74)81-72)66(75)61-59-57-55-53-51-49-47-45-43-41-39-37-28-26-24-22-20-18-16-14-12-10-8-6-4-2/h29-30,59,61,65-67,69-72,74-75,77-79H,3-28,31-58,60,62-64H2,1-2H3,(H,73,76)/b30-29-,61-59+. The van der Waals surface area contributed by atoms with Crippen LogP contribution in [0.15, 0.2) is 24.3 Å². The third-order valence-electron chi connectivity index (χ3n) is 17.5. The van der Waals surface area contributed by atoms with Crippen molar-refractivity contribution in [2.24, 2.45) is 0 Å². The van der Waals surface area contributed by atoms with E-state index >= 15 is 0 Å². The number of allylic oxidation sites excluding steroid dienone is 3. The highest BCUT2D eigenvalue weighted by Crippen LogP contribution is 2.24. The van der Waals surface area contributed by atoms with Crippen LogP contribution < -0.4 is 5.32 Å². The van der Waals surface area contributed by atoms with Crippen molar-refractivity contribution in [1.82, 2.24) is 5.32 Å². The van der Waals surface area contributed by atoms with Gasteiger partial charge in [0.25, 0.3) is 0 Å². The van der Waals surface area contributed by atoms with Crippen molar-refractivity contribution in [3.05, 3.63) is 24.3 Å². The number of hydrogen-bond donors (Lipinski definition) is 6. The largest absolute Gasteiger partial charge is 0.394 e. The molecule has 0 radical (unpaired) electrons. The molecule has 0 aromatic heterocycles.